The molecule has 0 saturated carbocycles. The number of aromatic nitrogens is 1. The minimum absolute atomic E-state index is 0.0256. The Morgan fingerprint density at radius 2 is 1.64 bits per heavy atom. The molecule has 3 heterocycles. The summed E-state index contributed by atoms with van der Waals surface area (Å²) in [5.41, 5.74) is -2.54. The summed E-state index contributed by atoms with van der Waals surface area (Å²) in [5, 5.41) is 2.22. The van der Waals surface area contributed by atoms with Gasteiger partial charge in [0.1, 0.15) is 11.5 Å². The predicted octanol–water partition coefficient (Wildman–Crippen LogP) is 3.95. The fourth-order valence-corrected chi connectivity index (χ4v) is 8.03. The molecule has 2 aliphatic rings. The minimum atomic E-state index is -4.31. The molecule has 45 heavy (non-hydrogen) atoms. The second kappa shape index (κ2) is 12.3. The number of phosphoric acid groups is 1. The maximum atomic E-state index is 13.7. The molecule has 1 aromatic carbocycles. The van der Waals surface area contributed by atoms with E-state index in [-0.39, 0.29) is 36.0 Å². The number of sulfonamides is 1. The molecular formula is C27H36F3N4O9PS. The number of anilines is 1. The number of nitrogens with one attached hydrogen (secondary N) is 2. The fraction of sp³-hybridized carbons (Fsp3) is 0.556. The Hall–Kier alpha value is -2.95. The van der Waals surface area contributed by atoms with Crippen molar-refractivity contribution in [3.8, 4) is 5.75 Å². The number of carbonyl (C=O) groups excluding carboxylic acids is 2. The van der Waals surface area contributed by atoms with Gasteiger partial charge in [-0.15, -0.1) is 0 Å². The molecule has 18 heteroatoms. The van der Waals surface area contributed by atoms with Crippen molar-refractivity contribution in [3.63, 3.8) is 0 Å². The Labute approximate surface area is 259 Å². The molecule has 250 valence electrons. The highest BCUT2D eigenvalue weighted by Crippen LogP contribution is 2.55. The fourth-order valence-electron chi connectivity index (χ4n) is 4.79. The molecule has 0 unspecified atom stereocenters. The van der Waals surface area contributed by atoms with E-state index in [1.165, 1.54) is 16.5 Å². The van der Waals surface area contributed by atoms with Gasteiger partial charge >= 0.3 is 7.82 Å². The van der Waals surface area contributed by atoms with Crippen molar-refractivity contribution in [2.24, 2.45) is 13.0 Å². The third-order valence-electron chi connectivity index (χ3n) is 6.51. The summed E-state index contributed by atoms with van der Waals surface area (Å²) in [4.78, 5) is 27.2. The van der Waals surface area contributed by atoms with Crippen LogP contribution in [-0.2, 0) is 40.0 Å². The topological polar surface area (TPSA) is 154 Å². The summed E-state index contributed by atoms with van der Waals surface area (Å²) in [6, 6.07) is 0.367. The Morgan fingerprint density at radius 1 is 1.07 bits per heavy atom. The molecule has 2 aliphatic heterocycles. The Kier molecular flexibility index (Phi) is 9.57. The van der Waals surface area contributed by atoms with Gasteiger partial charge in [-0.3, -0.25) is 23.2 Å². The monoisotopic (exact) mass is 680 g/mol. The Bertz CT molecular complexity index is 1610. The first-order valence-corrected chi connectivity index (χ1v) is 16.8. The van der Waals surface area contributed by atoms with Crippen LogP contribution in [0.3, 0.4) is 0 Å². The Morgan fingerprint density at radius 3 is 2.20 bits per heavy atom. The van der Waals surface area contributed by atoms with E-state index in [1.54, 1.807) is 41.5 Å². The number of phosphoric ester groups is 1. The van der Waals surface area contributed by atoms with Crippen LogP contribution in [0, 0.1) is 23.4 Å². The molecule has 2 N–H and O–H groups in total. The summed E-state index contributed by atoms with van der Waals surface area (Å²) in [6.07, 6.45) is 1.13. The largest absolute Gasteiger partial charge is 0.489 e. The summed E-state index contributed by atoms with van der Waals surface area (Å²) in [5.74, 6) is -7.25. The van der Waals surface area contributed by atoms with Crippen LogP contribution in [0.4, 0.5) is 18.9 Å². The number of aryl methyl sites for hydroxylation is 1. The number of carbonyl (C=O) groups is 2. The van der Waals surface area contributed by atoms with E-state index < -0.39 is 82.6 Å². The normalized spacial score (nSPS) is 20.1. The third-order valence-corrected chi connectivity index (χ3v) is 9.98. The van der Waals surface area contributed by atoms with E-state index >= 15 is 0 Å². The maximum absolute atomic E-state index is 13.7. The molecule has 0 spiro atoms. The van der Waals surface area contributed by atoms with Crippen LogP contribution >= 0.6 is 7.82 Å². The zero-order valence-electron chi connectivity index (χ0n) is 25.8. The number of hydrogen-bond acceptors (Lipinski definition) is 9. The van der Waals surface area contributed by atoms with Gasteiger partial charge in [-0.05, 0) is 41.5 Å². The average Bonchev–Trinajstić information content (AvgIpc) is 3.41. The SMILES string of the molecule is Cn1cc2c(c1C(=O)Nc1cc(F)c(F)c(F)c1)OC[C@H]1CN(C(=O)COP(=O)(OC(C)(C)C)OC(C)(C)C)C[C@H]1NS2(=O)=O. The number of nitrogens with zero attached hydrogens (tertiary/aromatic N) is 2. The summed E-state index contributed by atoms with van der Waals surface area (Å²) < 4.78 is 107. The number of likely N-dealkylation sites (tertiary alicyclic amines) is 1. The van der Waals surface area contributed by atoms with Gasteiger partial charge < -0.3 is 19.5 Å². The predicted molar refractivity (Wildman–Crippen MR) is 155 cm³/mol. The number of benzene rings is 1. The highest BCUT2D eigenvalue weighted by atomic mass is 32.2. The van der Waals surface area contributed by atoms with Gasteiger partial charge in [0, 0.05) is 56.1 Å². The van der Waals surface area contributed by atoms with Gasteiger partial charge in [0.15, 0.2) is 28.9 Å². The average molecular weight is 681 g/mol. The molecule has 13 nitrogen and oxygen atoms in total. The number of rotatable bonds is 7. The molecule has 1 aromatic heterocycles. The smallest absolute Gasteiger partial charge is 0.476 e. The van der Waals surface area contributed by atoms with Crippen molar-refractivity contribution in [1.82, 2.24) is 14.2 Å². The van der Waals surface area contributed by atoms with Crippen molar-refractivity contribution in [2.75, 3.05) is 31.6 Å². The molecular weight excluding hydrogens is 644 g/mol. The van der Waals surface area contributed by atoms with Gasteiger partial charge in [0.25, 0.3) is 5.91 Å². The lowest BCUT2D eigenvalue weighted by Gasteiger charge is -2.31. The first-order valence-electron chi connectivity index (χ1n) is 13.8. The maximum Gasteiger partial charge on any atom is 0.476 e. The molecule has 1 fully saturated rings. The minimum Gasteiger partial charge on any atom is -0.489 e. The zero-order chi connectivity index (χ0) is 33.7. The number of fused-ring (bicyclic) bond motifs is 2. The van der Waals surface area contributed by atoms with Crippen molar-refractivity contribution in [2.45, 2.75) is 63.7 Å². The highest BCUT2D eigenvalue weighted by Gasteiger charge is 2.44. The lowest BCUT2D eigenvalue weighted by molar-refractivity contribution is -0.133. The first kappa shape index (κ1) is 34.9. The molecule has 2 aromatic rings. The quantitative estimate of drug-likeness (QED) is 0.327. The van der Waals surface area contributed by atoms with E-state index in [0.29, 0.717) is 12.1 Å². The highest BCUT2D eigenvalue weighted by molar-refractivity contribution is 7.89. The first-order chi connectivity index (χ1) is 20.6. The van der Waals surface area contributed by atoms with E-state index in [1.807, 2.05) is 0 Å². The van der Waals surface area contributed by atoms with Gasteiger partial charge in [-0.25, -0.2) is 30.9 Å². The summed E-state index contributed by atoms with van der Waals surface area (Å²) in [7, 11) is -7.13. The standard InChI is InChI=1S/C27H36F3N4O9PS/c1-26(2,3)42-44(37,43-27(4,5)6)41-14-21(35)34-10-15-13-40-24-20(45(38,39)32-19(15)11-34)12-33(7)23(24)25(36)31-16-8-17(28)22(30)18(29)9-16/h8-9,12,15,19,32H,10-11,13-14H2,1-7H3,(H,31,36)/t15-,19-/m1/s1. The number of hydrogen-bond donors (Lipinski definition) is 2. The van der Waals surface area contributed by atoms with Crippen molar-refractivity contribution >= 4 is 35.3 Å². The van der Waals surface area contributed by atoms with E-state index in [0.717, 1.165) is 6.20 Å². The van der Waals surface area contributed by atoms with Crippen molar-refractivity contribution in [1.29, 1.82) is 0 Å². The van der Waals surface area contributed by atoms with Crippen molar-refractivity contribution in [3.05, 3.63) is 41.5 Å². The van der Waals surface area contributed by atoms with Crippen LogP contribution in [0.2, 0.25) is 0 Å². The van der Waals surface area contributed by atoms with Crippen LogP contribution in [0.5, 0.6) is 5.75 Å². The number of ether oxygens (including phenoxy) is 1. The summed E-state index contributed by atoms with van der Waals surface area (Å²) in [6.45, 7) is 9.05. The number of amides is 2. The lowest BCUT2D eigenvalue weighted by Crippen LogP contribution is -2.44. The molecule has 0 aliphatic carbocycles. The second-order valence-corrected chi connectivity index (χ2v) is 15.9. The molecule has 0 bridgehead atoms. The van der Waals surface area contributed by atoms with Crippen LogP contribution in [-0.4, -0.2) is 73.2 Å². The zero-order valence-corrected chi connectivity index (χ0v) is 27.5. The van der Waals surface area contributed by atoms with E-state index in [9.17, 15) is 35.7 Å². The Balaban J connectivity index is 1.50. The summed E-state index contributed by atoms with van der Waals surface area (Å²) >= 11 is 0. The number of halogens is 3. The lowest BCUT2D eigenvalue weighted by atomic mass is 10.1. The molecule has 2 amide bonds. The second-order valence-electron chi connectivity index (χ2n) is 12.7. The van der Waals surface area contributed by atoms with E-state index in [2.05, 4.69) is 10.0 Å². The van der Waals surface area contributed by atoms with Gasteiger partial charge in [0.2, 0.25) is 15.9 Å². The van der Waals surface area contributed by atoms with E-state index in [4.69, 9.17) is 18.3 Å². The molecule has 2 atom stereocenters. The molecule has 0 radical (unpaired) electrons. The third kappa shape index (κ3) is 8.26. The molecule has 1 saturated heterocycles. The van der Waals surface area contributed by atoms with Crippen LogP contribution < -0.4 is 14.8 Å². The van der Waals surface area contributed by atoms with Gasteiger partial charge in [-0.2, -0.15) is 0 Å². The van der Waals surface area contributed by atoms with Crippen LogP contribution in [0.1, 0.15) is 52.0 Å². The van der Waals surface area contributed by atoms with Gasteiger partial charge in [-0.1, -0.05) is 0 Å². The van der Waals surface area contributed by atoms with Crippen molar-refractivity contribution < 1.29 is 54.1 Å². The van der Waals surface area contributed by atoms with Gasteiger partial charge in [0.05, 0.1) is 17.8 Å². The molecule has 4 rings (SSSR count). The van der Waals surface area contributed by atoms with Crippen LogP contribution in [0.25, 0.3) is 0 Å². The van der Waals surface area contributed by atoms with Crippen LogP contribution in [0.15, 0.2) is 23.2 Å².